The SMILES string of the molecule is CC(C)N1CCOC2(CN(C(=O)c3cn[nH]n3)C2)C1. The molecule has 2 fully saturated rings. The molecule has 104 valence electrons. The lowest BCUT2D eigenvalue weighted by atomic mass is 9.91. The molecule has 0 unspecified atom stereocenters. The average molecular weight is 265 g/mol. The van der Waals surface area contributed by atoms with Crippen LogP contribution in [0.25, 0.3) is 0 Å². The number of morpholine rings is 1. The number of carbonyl (C=O) groups excluding carboxylic acids is 1. The summed E-state index contributed by atoms with van der Waals surface area (Å²) in [7, 11) is 0. The zero-order chi connectivity index (χ0) is 13.5. The van der Waals surface area contributed by atoms with Crippen molar-refractivity contribution in [3.05, 3.63) is 11.9 Å². The fourth-order valence-corrected chi connectivity index (χ4v) is 2.77. The van der Waals surface area contributed by atoms with Crippen molar-refractivity contribution in [1.82, 2.24) is 25.2 Å². The number of rotatable bonds is 2. The van der Waals surface area contributed by atoms with E-state index in [1.807, 2.05) is 0 Å². The van der Waals surface area contributed by atoms with E-state index in [1.165, 1.54) is 6.20 Å². The molecule has 1 aromatic heterocycles. The second-order valence-corrected chi connectivity index (χ2v) is 5.61. The van der Waals surface area contributed by atoms with E-state index in [0.29, 0.717) is 24.8 Å². The lowest BCUT2D eigenvalue weighted by molar-refractivity contribution is -0.176. The molecule has 3 rings (SSSR count). The van der Waals surface area contributed by atoms with Crippen LogP contribution < -0.4 is 0 Å². The highest BCUT2D eigenvalue weighted by Crippen LogP contribution is 2.30. The summed E-state index contributed by atoms with van der Waals surface area (Å²) < 4.78 is 5.90. The first-order chi connectivity index (χ1) is 9.10. The highest BCUT2D eigenvalue weighted by molar-refractivity contribution is 5.92. The van der Waals surface area contributed by atoms with E-state index >= 15 is 0 Å². The Labute approximate surface area is 111 Å². The molecule has 7 nitrogen and oxygen atoms in total. The van der Waals surface area contributed by atoms with Gasteiger partial charge >= 0.3 is 0 Å². The van der Waals surface area contributed by atoms with Crippen LogP contribution in [0.3, 0.4) is 0 Å². The van der Waals surface area contributed by atoms with Gasteiger partial charge in [0, 0.05) is 19.1 Å². The maximum Gasteiger partial charge on any atom is 0.276 e. The van der Waals surface area contributed by atoms with Gasteiger partial charge in [0.2, 0.25) is 0 Å². The zero-order valence-electron chi connectivity index (χ0n) is 11.3. The minimum absolute atomic E-state index is 0.0790. The molecular formula is C12H19N5O2. The van der Waals surface area contributed by atoms with Crippen LogP contribution in [0.5, 0.6) is 0 Å². The Kier molecular flexibility index (Phi) is 3.02. The van der Waals surface area contributed by atoms with Crippen LogP contribution in [0.2, 0.25) is 0 Å². The Balaban J connectivity index is 1.61. The van der Waals surface area contributed by atoms with Gasteiger partial charge in [-0.25, -0.2) is 0 Å². The maximum atomic E-state index is 12.1. The van der Waals surface area contributed by atoms with E-state index in [4.69, 9.17) is 4.74 Å². The molecule has 2 aliphatic rings. The Bertz CT molecular complexity index is 453. The third kappa shape index (κ3) is 2.23. The van der Waals surface area contributed by atoms with Crippen LogP contribution in [0.15, 0.2) is 6.20 Å². The van der Waals surface area contributed by atoms with Crippen LogP contribution in [0, 0.1) is 0 Å². The maximum absolute atomic E-state index is 12.1. The lowest BCUT2D eigenvalue weighted by Gasteiger charge is -2.54. The van der Waals surface area contributed by atoms with Crippen molar-refractivity contribution >= 4 is 5.91 Å². The molecule has 0 saturated carbocycles. The highest BCUT2D eigenvalue weighted by atomic mass is 16.5. The van der Waals surface area contributed by atoms with Crippen LogP contribution in [-0.2, 0) is 4.74 Å². The summed E-state index contributed by atoms with van der Waals surface area (Å²) >= 11 is 0. The fraction of sp³-hybridized carbons (Fsp3) is 0.750. The van der Waals surface area contributed by atoms with E-state index in [2.05, 4.69) is 34.2 Å². The predicted octanol–water partition coefficient (Wildman–Crippen LogP) is -0.260. The van der Waals surface area contributed by atoms with Crippen LogP contribution in [-0.4, -0.2) is 75.5 Å². The number of hydrogen-bond donors (Lipinski definition) is 1. The standard InChI is InChI=1S/C12H19N5O2/c1-9(2)16-3-4-19-12(6-16)7-17(8-12)11(18)10-5-13-15-14-10/h5,9H,3-4,6-8H2,1-2H3,(H,13,14,15). The molecular weight excluding hydrogens is 246 g/mol. The summed E-state index contributed by atoms with van der Waals surface area (Å²) in [6.07, 6.45) is 1.45. The van der Waals surface area contributed by atoms with Gasteiger partial charge in [-0.3, -0.25) is 9.69 Å². The number of nitrogens with one attached hydrogen (secondary N) is 1. The van der Waals surface area contributed by atoms with E-state index < -0.39 is 0 Å². The van der Waals surface area contributed by atoms with Gasteiger partial charge in [0.15, 0.2) is 5.69 Å². The monoisotopic (exact) mass is 265 g/mol. The third-order valence-electron chi connectivity index (χ3n) is 3.89. The summed E-state index contributed by atoms with van der Waals surface area (Å²) in [5.74, 6) is -0.0790. The number of likely N-dealkylation sites (tertiary alicyclic amines) is 1. The van der Waals surface area contributed by atoms with Gasteiger partial charge in [-0.05, 0) is 13.8 Å². The molecule has 0 aliphatic carbocycles. The van der Waals surface area contributed by atoms with Crippen LogP contribution in [0.1, 0.15) is 24.3 Å². The van der Waals surface area contributed by atoms with Crippen LogP contribution in [0.4, 0.5) is 0 Å². The minimum Gasteiger partial charge on any atom is -0.369 e. The van der Waals surface area contributed by atoms with Crippen molar-refractivity contribution in [1.29, 1.82) is 0 Å². The van der Waals surface area contributed by atoms with E-state index in [9.17, 15) is 4.79 Å². The quantitative estimate of drug-likeness (QED) is 0.797. The van der Waals surface area contributed by atoms with Crippen molar-refractivity contribution in [2.45, 2.75) is 25.5 Å². The first-order valence-electron chi connectivity index (χ1n) is 6.63. The lowest BCUT2D eigenvalue weighted by Crippen LogP contribution is -2.71. The Morgan fingerprint density at radius 2 is 2.26 bits per heavy atom. The molecule has 2 aliphatic heterocycles. The minimum atomic E-state index is -0.179. The molecule has 1 N–H and O–H groups in total. The predicted molar refractivity (Wildman–Crippen MR) is 67.7 cm³/mol. The van der Waals surface area contributed by atoms with Crippen molar-refractivity contribution < 1.29 is 9.53 Å². The second kappa shape index (κ2) is 4.57. The average Bonchev–Trinajstić information content (AvgIpc) is 2.89. The van der Waals surface area contributed by atoms with E-state index in [1.54, 1.807) is 4.90 Å². The van der Waals surface area contributed by atoms with Crippen molar-refractivity contribution in [3.8, 4) is 0 Å². The van der Waals surface area contributed by atoms with Crippen LogP contribution >= 0.6 is 0 Å². The molecule has 1 aromatic rings. The number of aromatic nitrogens is 3. The van der Waals surface area contributed by atoms with Crippen molar-refractivity contribution in [2.24, 2.45) is 0 Å². The molecule has 1 spiro atoms. The number of nitrogens with zero attached hydrogens (tertiary/aromatic N) is 4. The summed E-state index contributed by atoms with van der Waals surface area (Å²) in [6, 6.07) is 0.515. The number of ether oxygens (including phenoxy) is 1. The summed E-state index contributed by atoms with van der Waals surface area (Å²) in [5, 5.41) is 9.94. The molecule has 1 amide bonds. The normalized spacial score (nSPS) is 22.8. The zero-order valence-corrected chi connectivity index (χ0v) is 11.3. The van der Waals surface area contributed by atoms with E-state index in [-0.39, 0.29) is 11.5 Å². The summed E-state index contributed by atoms with van der Waals surface area (Å²) in [5.41, 5.74) is 0.188. The first kappa shape index (κ1) is 12.6. The fourth-order valence-electron chi connectivity index (χ4n) is 2.77. The molecule has 0 aromatic carbocycles. The summed E-state index contributed by atoms with van der Waals surface area (Å²) in [4.78, 5) is 16.2. The number of hydrogen-bond acceptors (Lipinski definition) is 5. The molecule has 0 bridgehead atoms. The largest absolute Gasteiger partial charge is 0.369 e. The summed E-state index contributed by atoms with van der Waals surface area (Å²) in [6.45, 7) is 8.27. The van der Waals surface area contributed by atoms with Gasteiger partial charge in [0.1, 0.15) is 5.60 Å². The number of aromatic amines is 1. The van der Waals surface area contributed by atoms with Crippen molar-refractivity contribution in [3.63, 3.8) is 0 Å². The van der Waals surface area contributed by atoms with Crippen molar-refractivity contribution in [2.75, 3.05) is 32.8 Å². The molecule has 0 radical (unpaired) electrons. The molecule has 3 heterocycles. The highest BCUT2D eigenvalue weighted by Gasteiger charge is 2.49. The van der Waals surface area contributed by atoms with Gasteiger partial charge in [-0.1, -0.05) is 0 Å². The van der Waals surface area contributed by atoms with E-state index in [0.717, 1.165) is 19.7 Å². The molecule has 19 heavy (non-hydrogen) atoms. The molecule has 2 saturated heterocycles. The molecule has 0 atom stereocenters. The smallest absolute Gasteiger partial charge is 0.276 e. The Morgan fingerprint density at radius 1 is 1.47 bits per heavy atom. The van der Waals surface area contributed by atoms with Gasteiger partial charge in [-0.2, -0.15) is 15.4 Å². The third-order valence-corrected chi connectivity index (χ3v) is 3.89. The van der Waals surface area contributed by atoms with Gasteiger partial charge < -0.3 is 9.64 Å². The second-order valence-electron chi connectivity index (χ2n) is 5.61. The Hall–Kier alpha value is -1.47. The van der Waals surface area contributed by atoms with Gasteiger partial charge in [0.25, 0.3) is 5.91 Å². The number of H-pyrrole nitrogens is 1. The van der Waals surface area contributed by atoms with Gasteiger partial charge in [-0.15, -0.1) is 0 Å². The topological polar surface area (TPSA) is 74.3 Å². The number of carbonyl (C=O) groups is 1. The number of amides is 1. The van der Waals surface area contributed by atoms with Gasteiger partial charge in [0.05, 0.1) is 25.9 Å². The Morgan fingerprint density at radius 3 is 2.89 bits per heavy atom. The molecule has 7 heteroatoms. The first-order valence-corrected chi connectivity index (χ1v) is 6.63.